The third kappa shape index (κ3) is 1.02. The molecule has 0 aliphatic heterocycles. The number of aryl methyl sites for hydroxylation is 1. The maximum Gasteiger partial charge on any atom is 0.327 e. The van der Waals surface area contributed by atoms with Crippen molar-refractivity contribution in [1.82, 2.24) is 19.5 Å². The van der Waals surface area contributed by atoms with Gasteiger partial charge in [0.15, 0.2) is 11.2 Å². The topological polar surface area (TPSA) is 110 Å². The van der Waals surface area contributed by atoms with Crippen molar-refractivity contribution in [1.29, 1.82) is 0 Å². The first-order chi connectivity index (χ1) is 6.63. The molecule has 0 atom stereocenters. The summed E-state index contributed by atoms with van der Waals surface area (Å²) in [5, 5.41) is 0. The molecule has 7 nitrogen and oxygen atoms in total. The van der Waals surface area contributed by atoms with Crippen molar-refractivity contribution >= 4 is 17.1 Å². The van der Waals surface area contributed by atoms with E-state index in [2.05, 4.69) is 15.0 Å². The van der Waals surface area contributed by atoms with Crippen LogP contribution in [0.15, 0.2) is 9.59 Å². The Bertz CT molecular complexity index is 590. The Kier molecular flexibility index (Phi) is 1.66. The molecule has 0 aliphatic rings. The largest absolute Gasteiger partial charge is 0.369 e. The van der Waals surface area contributed by atoms with Crippen molar-refractivity contribution < 1.29 is 0 Å². The zero-order valence-corrected chi connectivity index (χ0v) is 7.50. The first-order valence-electron chi connectivity index (χ1n) is 4.11. The van der Waals surface area contributed by atoms with Crippen molar-refractivity contribution in [3.05, 3.63) is 20.8 Å². The zero-order chi connectivity index (χ0) is 10.3. The number of nitrogens with zero attached hydrogens (tertiary/aromatic N) is 2. The Morgan fingerprint density at radius 3 is 2.79 bits per heavy atom. The van der Waals surface area contributed by atoms with Crippen LogP contribution >= 0.6 is 0 Å². The second-order valence-electron chi connectivity index (χ2n) is 2.82. The van der Waals surface area contributed by atoms with E-state index in [1.54, 1.807) is 6.92 Å². The van der Waals surface area contributed by atoms with Crippen LogP contribution in [-0.4, -0.2) is 19.5 Å². The number of anilines is 1. The maximum absolute atomic E-state index is 11.3. The van der Waals surface area contributed by atoms with E-state index in [0.717, 1.165) is 0 Å². The molecule has 7 heteroatoms. The van der Waals surface area contributed by atoms with Gasteiger partial charge >= 0.3 is 5.69 Å². The highest BCUT2D eigenvalue weighted by Crippen LogP contribution is 2.01. The first-order valence-corrected chi connectivity index (χ1v) is 4.11. The summed E-state index contributed by atoms with van der Waals surface area (Å²) in [6.45, 7) is 2.22. The van der Waals surface area contributed by atoms with Crippen LogP contribution in [0.25, 0.3) is 11.2 Å². The van der Waals surface area contributed by atoms with Crippen molar-refractivity contribution in [3.8, 4) is 0 Å². The molecule has 74 valence electrons. The predicted molar refractivity (Wildman–Crippen MR) is 51.1 cm³/mol. The van der Waals surface area contributed by atoms with E-state index in [9.17, 15) is 9.59 Å². The zero-order valence-electron chi connectivity index (χ0n) is 7.50. The van der Waals surface area contributed by atoms with E-state index < -0.39 is 5.56 Å². The van der Waals surface area contributed by atoms with Gasteiger partial charge in [-0.15, -0.1) is 0 Å². The summed E-state index contributed by atoms with van der Waals surface area (Å²) >= 11 is 0. The quantitative estimate of drug-likeness (QED) is 0.542. The third-order valence-corrected chi connectivity index (χ3v) is 1.97. The Labute approximate surface area is 77.6 Å². The monoisotopic (exact) mass is 195 g/mol. The van der Waals surface area contributed by atoms with E-state index in [4.69, 9.17) is 5.73 Å². The highest BCUT2D eigenvalue weighted by atomic mass is 16.2. The summed E-state index contributed by atoms with van der Waals surface area (Å²) in [5.74, 6) is 0.00343. The highest BCUT2D eigenvalue weighted by Gasteiger charge is 2.09. The van der Waals surface area contributed by atoms with Crippen LogP contribution in [0.4, 0.5) is 5.95 Å². The second kappa shape index (κ2) is 2.72. The number of imidazole rings is 1. The van der Waals surface area contributed by atoms with Gasteiger partial charge in [0.05, 0.1) is 0 Å². The Balaban J connectivity index is 3.03. The van der Waals surface area contributed by atoms with Crippen LogP contribution < -0.4 is 17.0 Å². The van der Waals surface area contributed by atoms with Crippen molar-refractivity contribution in [2.45, 2.75) is 13.5 Å². The van der Waals surface area contributed by atoms with Gasteiger partial charge in [-0.2, -0.15) is 4.98 Å². The van der Waals surface area contributed by atoms with Gasteiger partial charge in [-0.05, 0) is 6.92 Å². The normalized spacial score (nSPS) is 10.9. The van der Waals surface area contributed by atoms with Gasteiger partial charge in [0.2, 0.25) is 5.95 Å². The molecule has 0 fully saturated rings. The van der Waals surface area contributed by atoms with E-state index in [0.29, 0.717) is 12.2 Å². The molecule has 0 spiro atoms. The van der Waals surface area contributed by atoms with E-state index >= 15 is 0 Å². The molecule has 0 unspecified atom stereocenters. The molecule has 0 amide bonds. The molecule has 14 heavy (non-hydrogen) atoms. The molecule has 2 heterocycles. The lowest BCUT2D eigenvalue weighted by Crippen LogP contribution is -2.15. The van der Waals surface area contributed by atoms with Gasteiger partial charge in [-0.1, -0.05) is 0 Å². The SMILES string of the molecule is CCn1c(=O)[nH]c2c(=O)[nH]c(N)nc21. The Morgan fingerprint density at radius 2 is 2.14 bits per heavy atom. The number of rotatable bonds is 1. The fraction of sp³-hybridized carbons (Fsp3) is 0.286. The van der Waals surface area contributed by atoms with Crippen molar-refractivity contribution in [2.75, 3.05) is 5.73 Å². The van der Waals surface area contributed by atoms with Crippen LogP contribution in [-0.2, 0) is 6.54 Å². The number of aromatic amines is 2. The minimum Gasteiger partial charge on any atom is -0.369 e. The number of hydrogen-bond acceptors (Lipinski definition) is 4. The fourth-order valence-corrected chi connectivity index (χ4v) is 1.35. The van der Waals surface area contributed by atoms with Gasteiger partial charge < -0.3 is 5.73 Å². The molecule has 4 N–H and O–H groups in total. The molecule has 0 saturated carbocycles. The van der Waals surface area contributed by atoms with Crippen LogP contribution in [0, 0.1) is 0 Å². The number of hydrogen-bond donors (Lipinski definition) is 3. The molecule has 0 aromatic carbocycles. The average molecular weight is 195 g/mol. The summed E-state index contributed by atoms with van der Waals surface area (Å²) in [7, 11) is 0. The van der Waals surface area contributed by atoms with E-state index in [1.165, 1.54) is 4.57 Å². The van der Waals surface area contributed by atoms with Crippen LogP contribution in [0.3, 0.4) is 0 Å². The summed E-state index contributed by atoms with van der Waals surface area (Å²) in [6, 6.07) is 0. The summed E-state index contributed by atoms with van der Waals surface area (Å²) in [4.78, 5) is 31.2. The van der Waals surface area contributed by atoms with Gasteiger partial charge in [-0.3, -0.25) is 19.3 Å². The number of nitrogen functional groups attached to an aromatic ring is 1. The lowest BCUT2D eigenvalue weighted by Gasteiger charge is -1.96. The molecule has 2 rings (SSSR count). The highest BCUT2D eigenvalue weighted by molar-refractivity contribution is 5.70. The van der Waals surface area contributed by atoms with Crippen molar-refractivity contribution in [2.24, 2.45) is 0 Å². The van der Waals surface area contributed by atoms with Crippen LogP contribution in [0.1, 0.15) is 6.92 Å². The number of aromatic nitrogens is 4. The molecule has 0 aliphatic carbocycles. The summed E-state index contributed by atoms with van der Waals surface area (Å²) < 4.78 is 1.35. The van der Waals surface area contributed by atoms with Gasteiger partial charge in [0.25, 0.3) is 5.56 Å². The van der Waals surface area contributed by atoms with Gasteiger partial charge in [-0.25, -0.2) is 4.79 Å². The van der Waals surface area contributed by atoms with Gasteiger partial charge in [0, 0.05) is 6.54 Å². The minimum absolute atomic E-state index is 0.00343. The molecule has 0 radical (unpaired) electrons. The van der Waals surface area contributed by atoms with E-state index in [1.807, 2.05) is 0 Å². The summed E-state index contributed by atoms with van der Waals surface area (Å²) in [6.07, 6.45) is 0. The number of nitrogens with one attached hydrogen (secondary N) is 2. The third-order valence-electron chi connectivity index (χ3n) is 1.97. The number of H-pyrrole nitrogens is 2. The van der Waals surface area contributed by atoms with Gasteiger partial charge in [0.1, 0.15) is 0 Å². The minimum atomic E-state index is -0.434. The molecule has 2 aromatic heterocycles. The Morgan fingerprint density at radius 1 is 1.43 bits per heavy atom. The predicted octanol–water partition coefficient (Wildman–Crippen LogP) is -0.985. The Hall–Kier alpha value is -2.05. The van der Waals surface area contributed by atoms with Crippen LogP contribution in [0.5, 0.6) is 0 Å². The molecule has 0 bridgehead atoms. The fourth-order valence-electron chi connectivity index (χ4n) is 1.35. The first kappa shape index (κ1) is 8.54. The van der Waals surface area contributed by atoms with Crippen LogP contribution in [0.2, 0.25) is 0 Å². The molecule has 2 aromatic rings. The molecular weight excluding hydrogens is 186 g/mol. The number of nitrogens with two attached hydrogens (primary N) is 1. The second-order valence-corrected chi connectivity index (χ2v) is 2.82. The average Bonchev–Trinajstić information content (AvgIpc) is 2.41. The molecule has 0 saturated heterocycles. The van der Waals surface area contributed by atoms with Crippen molar-refractivity contribution in [3.63, 3.8) is 0 Å². The summed E-state index contributed by atoms with van der Waals surface area (Å²) in [5.41, 5.74) is 5.02. The maximum atomic E-state index is 11.3. The van der Waals surface area contributed by atoms with E-state index in [-0.39, 0.29) is 17.2 Å². The smallest absolute Gasteiger partial charge is 0.327 e. The number of fused-ring (bicyclic) bond motifs is 1. The standard InChI is InChI=1S/C7H9N5O2/c1-2-12-4-3(9-7(12)14)5(13)11-6(8)10-4/h2H2,1H3,(H,9,14)(H3,8,10,11,13). The molecular formula is C7H9N5O2. The lowest BCUT2D eigenvalue weighted by molar-refractivity contribution is 0.745. The lowest BCUT2D eigenvalue weighted by atomic mass is 10.5.